The second kappa shape index (κ2) is 5.33. The normalized spacial score (nSPS) is 18.9. The Morgan fingerprint density at radius 1 is 1.38 bits per heavy atom. The van der Waals surface area contributed by atoms with E-state index >= 15 is 0 Å². The standard InChI is InChI=1S/C14H20BrN/c1-10(16)8-11-6-7-13(14(15)9-11)12-4-2-3-5-12/h6-7,9-10,12H,2-5,8,16H2,1H3. The van der Waals surface area contributed by atoms with E-state index in [4.69, 9.17) is 5.73 Å². The highest BCUT2D eigenvalue weighted by atomic mass is 79.9. The lowest BCUT2D eigenvalue weighted by atomic mass is 9.95. The number of benzene rings is 1. The minimum absolute atomic E-state index is 0.240. The predicted molar refractivity (Wildman–Crippen MR) is 72.7 cm³/mol. The maximum absolute atomic E-state index is 5.82. The van der Waals surface area contributed by atoms with Crippen molar-refractivity contribution in [2.45, 2.75) is 51.0 Å². The maximum Gasteiger partial charge on any atom is 0.0212 e. The molecule has 1 saturated carbocycles. The second-order valence-electron chi connectivity index (χ2n) is 5.02. The van der Waals surface area contributed by atoms with Crippen molar-refractivity contribution in [3.63, 3.8) is 0 Å². The fraction of sp³-hybridized carbons (Fsp3) is 0.571. The summed E-state index contributed by atoms with van der Waals surface area (Å²) in [5.74, 6) is 0.777. The second-order valence-corrected chi connectivity index (χ2v) is 5.87. The van der Waals surface area contributed by atoms with Gasteiger partial charge in [0, 0.05) is 10.5 Å². The number of rotatable bonds is 3. The van der Waals surface area contributed by atoms with Gasteiger partial charge in [-0.2, -0.15) is 0 Å². The van der Waals surface area contributed by atoms with Crippen molar-refractivity contribution >= 4 is 15.9 Å². The van der Waals surface area contributed by atoms with Gasteiger partial charge in [0.25, 0.3) is 0 Å². The Morgan fingerprint density at radius 3 is 2.62 bits per heavy atom. The summed E-state index contributed by atoms with van der Waals surface area (Å²) in [5, 5.41) is 0. The van der Waals surface area contributed by atoms with Gasteiger partial charge in [-0.15, -0.1) is 0 Å². The molecule has 1 aromatic rings. The summed E-state index contributed by atoms with van der Waals surface area (Å²) in [6.45, 7) is 2.05. The van der Waals surface area contributed by atoms with Gasteiger partial charge in [0.2, 0.25) is 0 Å². The average molecular weight is 282 g/mol. The third-order valence-corrected chi connectivity index (χ3v) is 4.10. The SMILES string of the molecule is CC(N)Cc1ccc(C2CCCC2)c(Br)c1. The van der Waals surface area contributed by atoms with Crippen molar-refractivity contribution in [3.05, 3.63) is 33.8 Å². The summed E-state index contributed by atoms with van der Waals surface area (Å²) in [5.41, 5.74) is 8.65. The molecule has 0 spiro atoms. The quantitative estimate of drug-likeness (QED) is 0.891. The van der Waals surface area contributed by atoms with E-state index in [1.54, 1.807) is 0 Å². The van der Waals surface area contributed by atoms with E-state index in [1.807, 2.05) is 0 Å². The van der Waals surface area contributed by atoms with E-state index in [2.05, 4.69) is 41.1 Å². The smallest absolute Gasteiger partial charge is 0.0212 e. The molecule has 2 N–H and O–H groups in total. The molecule has 1 aliphatic rings. The van der Waals surface area contributed by atoms with Crippen LogP contribution < -0.4 is 5.73 Å². The Morgan fingerprint density at radius 2 is 2.06 bits per heavy atom. The van der Waals surface area contributed by atoms with Crippen molar-refractivity contribution in [1.82, 2.24) is 0 Å². The van der Waals surface area contributed by atoms with Gasteiger partial charge in [-0.25, -0.2) is 0 Å². The minimum Gasteiger partial charge on any atom is -0.328 e. The number of hydrogen-bond acceptors (Lipinski definition) is 1. The number of nitrogens with two attached hydrogens (primary N) is 1. The zero-order valence-corrected chi connectivity index (χ0v) is 11.5. The molecular formula is C14H20BrN. The van der Waals surface area contributed by atoms with Crippen LogP contribution in [0.5, 0.6) is 0 Å². The molecule has 0 heterocycles. The number of halogens is 1. The van der Waals surface area contributed by atoms with Crippen molar-refractivity contribution in [3.8, 4) is 0 Å². The molecule has 2 rings (SSSR count). The van der Waals surface area contributed by atoms with Crippen LogP contribution in [-0.2, 0) is 6.42 Å². The molecule has 0 radical (unpaired) electrons. The Bertz CT molecular complexity index is 354. The summed E-state index contributed by atoms with van der Waals surface area (Å²) >= 11 is 3.71. The van der Waals surface area contributed by atoms with E-state index in [0.29, 0.717) is 0 Å². The fourth-order valence-electron chi connectivity index (χ4n) is 2.64. The molecule has 0 bridgehead atoms. The highest BCUT2D eigenvalue weighted by Crippen LogP contribution is 2.37. The van der Waals surface area contributed by atoms with Crippen LogP contribution in [0.3, 0.4) is 0 Å². The van der Waals surface area contributed by atoms with E-state index < -0.39 is 0 Å². The van der Waals surface area contributed by atoms with Crippen molar-refractivity contribution in [2.75, 3.05) is 0 Å². The zero-order chi connectivity index (χ0) is 11.5. The summed E-state index contributed by atoms with van der Waals surface area (Å²) < 4.78 is 1.28. The van der Waals surface area contributed by atoms with Crippen LogP contribution in [0.4, 0.5) is 0 Å². The molecule has 1 aliphatic carbocycles. The molecule has 0 aliphatic heterocycles. The van der Waals surface area contributed by atoms with Crippen LogP contribution in [0.25, 0.3) is 0 Å². The van der Waals surface area contributed by atoms with Crippen molar-refractivity contribution in [2.24, 2.45) is 5.73 Å². The van der Waals surface area contributed by atoms with Crippen LogP contribution in [-0.4, -0.2) is 6.04 Å². The van der Waals surface area contributed by atoms with Gasteiger partial charge < -0.3 is 5.73 Å². The molecule has 1 fully saturated rings. The van der Waals surface area contributed by atoms with E-state index in [-0.39, 0.29) is 6.04 Å². The molecule has 1 unspecified atom stereocenters. The van der Waals surface area contributed by atoms with Crippen LogP contribution in [0.2, 0.25) is 0 Å². The molecule has 1 atom stereocenters. The molecular weight excluding hydrogens is 262 g/mol. The molecule has 88 valence electrons. The van der Waals surface area contributed by atoms with Gasteiger partial charge in [0.05, 0.1) is 0 Å². The Balaban J connectivity index is 2.15. The summed E-state index contributed by atoms with van der Waals surface area (Å²) in [7, 11) is 0. The average Bonchev–Trinajstić information content (AvgIpc) is 2.69. The van der Waals surface area contributed by atoms with E-state index in [9.17, 15) is 0 Å². The first-order chi connectivity index (χ1) is 7.66. The first-order valence-corrected chi connectivity index (χ1v) is 7.00. The lowest BCUT2D eigenvalue weighted by Crippen LogP contribution is -2.17. The van der Waals surface area contributed by atoms with Gasteiger partial charge in [0.15, 0.2) is 0 Å². The highest BCUT2D eigenvalue weighted by Gasteiger charge is 2.19. The Labute approximate surface area is 107 Å². The van der Waals surface area contributed by atoms with E-state index in [1.165, 1.54) is 41.3 Å². The molecule has 16 heavy (non-hydrogen) atoms. The van der Waals surface area contributed by atoms with E-state index in [0.717, 1.165) is 12.3 Å². The van der Waals surface area contributed by atoms with Gasteiger partial charge in [-0.1, -0.05) is 40.9 Å². The summed E-state index contributed by atoms with van der Waals surface area (Å²) in [4.78, 5) is 0. The summed E-state index contributed by atoms with van der Waals surface area (Å²) in [6.07, 6.45) is 6.44. The highest BCUT2D eigenvalue weighted by molar-refractivity contribution is 9.10. The lowest BCUT2D eigenvalue weighted by molar-refractivity contribution is 0.714. The minimum atomic E-state index is 0.240. The zero-order valence-electron chi connectivity index (χ0n) is 9.88. The number of hydrogen-bond donors (Lipinski definition) is 1. The van der Waals surface area contributed by atoms with Gasteiger partial charge in [-0.3, -0.25) is 0 Å². The Hall–Kier alpha value is -0.340. The molecule has 0 amide bonds. The van der Waals surface area contributed by atoms with Gasteiger partial charge in [0.1, 0.15) is 0 Å². The molecule has 0 aromatic heterocycles. The largest absolute Gasteiger partial charge is 0.328 e. The molecule has 1 nitrogen and oxygen atoms in total. The first kappa shape index (κ1) is 12.1. The van der Waals surface area contributed by atoms with Gasteiger partial charge >= 0.3 is 0 Å². The molecule has 1 aromatic carbocycles. The predicted octanol–water partition coefficient (Wildman–Crippen LogP) is 4.00. The third-order valence-electron chi connectivity index (χ3n) is 3.42. The van der Waals surface area contributed by atoms with Crippen LogP contribution >= 0.6 is 15.9 Å². The lowest BCUT2D eigenvalue weighted by Gasteiger charge is -2.14. The van der Waals surface area contributed by atoms with Crippen molar-refractivity contribution < 1.29 is 0 Å². The first-order valence-electron chi connectivity index (χ1n) is 6.20. The fourth-order valence-corrected chi connectivity index (χ4v) is 3.39. The molecule has 0 saturated heterocycles. The van der Waals surface area contributed by atoms with Crippen molar-refractivity contribution in [1.29, 1.82) is 0 Å². The third kappa shape index (κ3) is 2.86. The monoisotopic (exact) mass is 281 g/mol. The van der Waals surface area contributed by atoms with Gasteiger partial charge in [-0.05, 0) is 49.3 Å². The maximum atomic E-state index is 5.82. The topological polar surface area (TPSA) is 26.0 Å². The van der Waals surface area contributed by atoms with Crippen LogP contribution in [0.15, 0.2) is 22.7 Å². The van der Waals surface area contributed by atoms with Crippen LogP contribution in [0, 0.1) is 0 Å². The summed E-state index contributed by atoms with van der Waals surface area (Å²) in [6, 6.07) is 7.01. The Kier molecular flexibility index (Phi) is 4.04. The molecule has 2 heteroatoms. The van der Waals surface area contributed by atoms with Crippen LogP contribution in [0.1, 0.15) is 49.7 Å².